The van der Waals surface area contributed by atoms with Crippen LogP contribution < -0.4 is 4.90 Å². The van der Waals surface area contributed by atoms with E-state index in [9.17, 15) is 19.5 Å². The molecule has 3 saturated heterocycles. The lowest BCUT2D eigenvalue weighted by Gasteiger charge is -2.37. The van der Waals surface area contributed by atoms with Crippen molar-refractivity contribution in [3.63, 3.8) is 0 Å². The molecule has 0 aliphatic carbocycles. The van der Waals surface area contributed by atoms with E-state index in [1.165, 1.54) is 11.0 Å². The number of fused-ring (bicyclic) bond motifs is 1. The summed E-state index contributed by atoms with van der Waals surface area (Å²) in [5, 5.41) is 10.3. The topological polar surface area (TPSA) is 87.1 Å². The molecule has 1 aromatic rings. The highest BCUT2D eigenvalue weighted by atomic mass is 35.5. The first kappa shape index (κ1) is 24.8. The van der Waals surface area contributed by atoms with Gasteiger partial charge in [-0.2, -0.15) is 0 Å². The number of benzene rings is 1. The Bertz CT molecular complexity index is 1020. The fourth-order valence-electron chi connectivity index (χ4n) is 5.86. The number of ether oxygens (including phenoxy) is 1. The molecule has 2 unspecified atom stereocenters. The third-order valence-corrected chi connectivity index (χ3v) is 9.40. The van der Waals surface area contributed by atoms with Crippen LogP contribution in [0.5, 0.6) is 0 Å². The lowest BCUT2D eigenvalue weighted by Crippen LogP contribution is -2.55. The van der Waals surface area contributed by atoms with Crippen LogP contribution in [-0.2, 0) is 19.1 Å². The molecule has 3 aliphatic heterocycles. The van der Waals surface area contributed by atoms with E-state index in [0.29, 0.717) is 23.6 Å². The van der Waals surface area contributed by atoms with Gasteiger partial charge >= 0.3 is 5.97 Å². The van der Waals surface area contributed by atoms with Gasteiger partial charge in [0.05, 0.1) is 23.2 Å². The van der Waals surface area contributed by atoms with Crippen LogP contribution in [-0.4, -0.2) is 69.6 Å². The molecule has 0 aromatic heterocycles. The number of hydrogen-bond acceptors (Lipinski definition) is 6. The molecule has 182 valence electrons. The summed E-state index contributed by atoms with van der Waals surface area (Å²) < 4.78 is 4.11. The van der Waals surface area contributed by atoms with E-state index in [0.717, 1.165) is 0 Å². The number of likely N-dealkylation sites (tertiary alicyclic amines) is 1. The van der Waals surface area contributed by atoms with Crippen LogP contribution in [0, 0.1) is 11.8 Å². The Morgan fingerprint density at radius 1 is 1.29 bits per heavy atom. The number of β-amino-alcohol motifs (C(OH)–C–C–N with tert-alkyl or cyclic N) is 1. The van der Waals surface area contributed by atoms with Crippen LogP contribution in [0.3, 0.4) is 0 Å². The van der Waals surface area contributed by atoms with Crippen LogP contribution in [0.15, 0.2) is 49.6 Å². The predicted octanol–water partition coefficient (Wildman–Crippen LogP) is 3.06. The van der Waals surface area contributed by atoms with Crippen molar-refractivity contribution in [1.82, 2.24) is 4.90 Å². The Hall–Kier alpha value is -2.29. The molecule has 2 bridgehead atoms. The highest BCUT2D eigenvalue weighted by molar-refractivity contribution is 8.02. The zero-order valence-electron chi connectivity index (χ0n) is 19.1. The second-order valence-electron chi connectivity index (χ2n) is 9.12. The maximum atomic E-state index is 14.2. The quantitative estimate of drug-likeness (QED) is 0.411. The Morgan fingerprint density at radius 3 is 2.62 bits per heavy atom. The molecule has 9 heteroatoms. The minimum atomic E-state index is -0.822. The van der Waals surface area contributed by atoms with Gasteiger partial charge in [0.1, 0.15) is 12.6 Å². The Kier molecular flexibility index (Phi) is 6.86. The maximum absolute atomic E-state index is 14.2. The number of carbonyl (C=O) groups is 3. The number of carbonyl (C=O) groups excluding carboxylic acids is 3. The van der Waals surface area contributed by atoms with Crippen molar-refractivity contribution in [2.24, 2.45) is 11.8 Å². The van der Waals surface area contributed by atoms with Crippen LogP contribution in [0.4, 0.5) is 5.69 Å². The SMILES string of the molecule is C=CCOC(=O)[C@H]1[C@H]2C(=O)N(CCO)C(C(=O)N(CC=C)c3ccc(Cl)cc3)C23CC[C@]1(C)S3. The number of thioether (sulfide) groups is 1. The summed E-state index contributed by atoms with van der Waals surface area (Å²) >= 11 is 7.61. The van der Waals surface area contributed by atoms with Gasteiger partial charge in [-0.1, -0.05) is 30.3 Å². The highest BCUT2D eigenvalue weighted by Crippen LogP contribution is 2.71. The van der Waals surface area contributed by atoms with Crippen molar-refractivity contribution in [3.8, 4) is 0 Å². The van der Waals surface area contributed by atoms with Gasteiger partial charge in [0.2, 0.25) is 5.91 Å². The van der Waals surface area contributed by atoms with Crippen molar-refractivity contribution in [1.29, 1.82) is 0 Å². The van der Waals surface area contributed by atoms with Gasteiger partial charge in [0.15, 0.2) is 0 Å². The number of hydrogen-bond donors (Lipinski definition) is 1. The Labute approximate surface area is 208 Å². The van der Waals surface area contributed by atoms with Crippen molar-refractivity contribution in [3.05, 3.63) is 54.6 Å². The maximum Gasteiger partial charge on any atom is 0.311 e. The first-order valence-corrected chi connectivity index (χ1v) is 12.5. The minimum Gasteiger partial charge on any atom is -0.461 e. The molecule has 5 atom stereocenters. The normalized spacial score (nSPS) is 31.3. The molecule has 0 saturated carbocycles. The van der Waals surface area contributed by atoms with E-state index in [1.807, 2.05) is 6.92 Å². The van der Waals surface area contributed by atoms with Gasteiger partial charge in [-0.3, -0.25) is 14.4 Å². The number of halogens is 1. The monoisotopic (exact) mass is 504 g/mol. The molecule has 3 fully saturated rings. The minimum absolute atomic E-state index is 0.0156. The molecule has 1 N–H and O–H groups in total. The zero-order valence-corrected chi connectivity index (χ0v) is 20.7. The van der Waals surface area contributed by atoms with Crippen molar-refractivity contribution >= 4 is 46.8 Å². The van der Waals surface area contributed by atoms with Gasteiger partial charge in [0, 0.05) is 28.5 Å². The Balaban J connectivity index is 1.77. The van der Waals surface area contributed by atoms with Gasteiger partial charge < -0.3 is 19.6 Å². The van der Waals surface area contributed by atoms with Gasteiger partial charge in [-0.05, 0) is 44.0 Å². The average Bonchev–Trinajstić information content (AvgIpc) is 3.37. The number of amides is 2. The summed E-state index contributed by atoms with van der Waals surface area (Å²) in [6.45, 7) is 9.41. The third kappa shape index (κ3) is 3.76. The van der Waals surface area contributed by atoms with Crippen LogP contribution >= 0.6 is 23.4 Å². The fraction of sp³-hybridized carbons (Fsp3) is 0.480. The smallest absolute Gasteiger partial charge is 0.311 e. The average molecular weight is 505 g/mol. The summed E-state index contributed by atoms with van der Waals surface area (Å²) in [5.74, 6) is -2.33. The standard InChI is InChI=1S/C25H29ClN2O5S/c1-4-12-27(17-8-6-16(26)7-9-17)22(31)20-25-11-10-24(3,34-25)19(23(32)33-15-5-2)18(25)21(30)28(20)13-14-29/h4-9,18-20,29H,1-2,10-15H2,3H3/t18-,19+,20?,24-,25?/m0/s1. The lowest BCUT2D eigenvalue weighted by molar-refractivity contribution is -0.154. The number of nitrogens with zero attached hydrogens (tertiary/aromatic N) is 2. The summed E-state index contributed by atoms with van der Waals surface area (Å²) in [5.41, 5.74) is 0.635. The van der Waals surface area contributed by atoms with E-state index >= 15 is 0 Å². The van der Waals surface area contributed by atoms with Gasteiger partial charge in [-0.15, -0.1) is 18.3 Å². The second-order valence-corrected chi connectivity index (χ2v) is 11.4. The summed E-state index contributed by atoms with van der Waals surface area (Å²) in [4.78, 5) is 44.0. The molecule has 7 nitrogen and oxygen atoms in total. The number of rotatable bonds is 9. The van der Waals surface area contributed by atoms with Crippen LogP contribution in [0.1, 0.15) is 19.8 Å². The molecule has 34 heavy (non-hydrogen) atoms. The molecular formula is C25H29ClN2O5S. The zero-order chi connectivity index (χ0) is 24.7. The third-order valence-electron chi connectivity index (χ3n) is 7.16. The number of aliphatic hydroxyl groups excluding tert-OH is 1. The first-order valence-electron chi connectivity index (χ1n) is 11.3. The second kappa shape index (κ2) is 9.40. The fourth-order valence-corrected chi connectivity index (χ4v) is 8.33. The Morgan fingerprint density at radius 2 is 2.00 bits per heavy atom. The molecule has 1 spiro atoms. The molecule has 2 amide bonds. The molecule has 3 heterocycles. The summed E-state index contributed by atoms with van der Waals surface area (Å²) in [7, 11) is 0. The molecule has 1 aromatic carbocycles. The lowest BCUT2D eigenvalue weighted by atomic mass is 9.66. The largest absolute Gasteiger partial charge is 0.461 e. The molecule has 4 rings (SSSR count). The number of esters is 1. The van der Waals surface area contributed by atoms with Gasteiger partial charge in [-0.25, -0.2) is 0 Å². The van der Waals surface area contributed by atoms with Crippen LogP contribution in [0.25, 0.3) is 0 Å². The molecule has 0 radical (unpaired) electrons. The summed E-state index contributed by atoms with van der Waals surface area (Å²) in [6, 6.07) is 6.09. The van der Waals surface area contributed by atoms with Crippen LogP contribution in [0.2, 0.25) is 5.02 Å². The van der Waals surface area contributed by atoms with E-state index in [1.54, 1.807) is 47.0 Å². The van der Waals surface area contributed by atoms with Gasteiger partial charge in [0.25, 0.3) is 5.91 Å². The van der Waals surface area contributed by atoms with E-state index in [-0.39, 0.29) is 38.1 Å². The van der Waals surface area contributed by atoms with E-state index < -0.39 is 33.3 Å². The number of aliphatic hydroxyl groups is 1. The van der Waals surface area contributed by atoms with E-state index in [2.05, 4.69) is 13.2 Å². The van der Waals surface area contributed by atoms with Crippen molar-refractivity contribution in [2.45, 2.75) is 35.3 Å². The first-order chi connectivity index (χ1) is 16.2. The molecular weight excluding hydrogens is 476 g/mol. The van der Waals surface area contributed by atoms with E-state index in [4.69, 9.17) is 16.3 Å². The van der Waals surface area contributed by atoms with Crippen molar-refractivity contribution in [2.75, 3.05) is 31.2 Å². The van der Waals surface area contributed by atoms with Crippen molar-refractivity contribution < 1.29 is 24.2 Å². The molecule has 3 aliphatic rings. The summed E-state index contributed by atoms with van der Waals surface area (Å²) in [6.07, 6.45) is 4.44. The number of anilines is 1. The predicted molar refractivity (Wildman–Crippen MR) is 133 cm³/mol. The highest BCUT2D eigenvalue weighted by Gasteiger charge is 2.77.